The Bertz CT molecular complexity index is 1010. The predicted molar refractivity (Wildman–Crippen MR) is 111 cm³/mol. The molecule has 144 valence electrons. The van der Waals surface area contributed by atoms with Crippen LogP contribution in [0.25, 0.3) is 0 Å². The van der Waals surface area contributed by atoms with E-state index in [2.05, 4.69) is 20.6 Å². The molecule has 3 aromatic rings. The van der Waals surface area contributed by atoms with Crippen molar-refractivity contribution in [1.29, 1.82) is 0 Å². The molecule has 2 N–H and O–H groups in total. The minimum absolute atomic E-state index is 0.129. The minimum Gasteiger partial charge on any atom is -0.439 e. The lowest BCUT2D eigenvalue weighted by atomic mass is 9.92. The van der Waals surface area contributed by atoms with Crippen LogP contribution in [-0.2, 0) is 22.3 Å². The first-order valence-electron chi connectivity index (χ1n) is 8.98. The molecule has 7 nitrogen and oxygen atoms in total. The number of nitrogens with zero attached hydrogens (tertiary/aromatic N) is 2. The molecule has 0 aliphatic heterocycles. The number of amides is 2. The van der Waals surface area contributed by atoms with Crippen molar-refractivity contribution in [3.05, 3.63) is 72.1 Å². The summed E-state index contributed by atoms with van der Waals surface area (Å²) < 4.78 is 5.66. The lowest BCUT2D eigenvalue weighted by Gasteiger charge is -2.10. The lowest BCUT2D eigenvalue weighted by molar-refractivity contribution is -0.116. The van der Waals surface area contributed by atoms with Crippen LogP contribution in [0.3, 0.4) is 0 Å². The number of rotatable bonds is 7. The Balaban J connectivity index is 1.60. The zero-order valence-electron chi connectivity index (χ0n) is 15.9. The van der Waals surface area contributed by atoms with Crippen LogP contribution in [0, 0.1) is 0 Å². The second-order valence-corrected chi connectivity index (χ2v) is 6.25. The Kier molecular flexibility index (Phi) is 6.57. The largest absolute Gasteiger partial charge is 0.439 e. The van der Waals surface area contributed by atoms with E-state index in [4.69, 9.17) is 12.6 Å². The molecule has 8 heteroatoms. The monoisotopic (exact) mass is 386 g/mol. The summed E-state index contributed by atoms with van der Waals surface area (Å²) in [4.78, 5) is 31.4. The second kappa shape index (κ2) is 9.50. The molecule has 0 unspecified atom stereocenters. The van der Waals surface area contributed by atoms with E-state index in [1.54, 1.807) is 24.3 Å². The Morgan fingerprint density at radius 3 is 2.41 bits per heavy atom. The van der Waals surface area contributed by atoms with E-state index in [0.29, 0.717) is 29.5 Å². The fourth-order valence-corrected chi connectivity index (χ4v) is 2.68. The minimum atomic E-state index is -0.233. The number of hydrogen-bond acceptors (Lipinski definition) is 5. The average Bonchev–Trinajstić information content (AvgIpc) is 2.69. The zero-order chi connectivity index (χ0) is 20.6. The van der Waals surface area contributed by atoms with Gasteiger partial charge in [-0.1, -0.05) is 36.1 Å². The maximum atomic E-state index is 12.3. The van der Waals surface area contributed by atoms with Crippen molar-refractivity contribution in [3.63, 3.8) is 0 Å². The maximum absolute atomic E-state index is 12.3. The van der Waals surface area contributed by atoms with Gasteiger partial charge in [-0.15, -0.1) is 0 Å². The number of aromatic nitrogens is 2. The van der Waals surface area contributed by atoms with Crippen LogP contribution in [0.2, 0.25) is 0 Å². The maximum Gasteiger partial charge on any atom is 0.228 e. The van der Waals surface area contributed by atoms with E-state index >= 15 is 0 Å². The van der Waals surface area contributed by atoms with Gasteiger partial charge >= 0.3 is 0 Å². The summed E-state index contributed by atoms with van der Waals surface area (Å²) in [5.74, 6) is 0.811. The third-order valence-electron chi connectivity index (χ3n) is 4.00. The van der Waals surface area contributed by atoms with Crippen LogP contribution in [0.1, 0.15) is 18.1 Å². The van der Waals surface area contributed by atoms with E-state index in [0.717, 1.165) is 11.1 Å². The molecule has 0 atom stereocenters. The molecule has 0 saturated heterocycles. The molecular weight excluding hydrogens is 367 g/mol. The van der Waals surface area contributed by atoms with Crippen molar-refractivity contribution < 1.29 is 14.3 Å². The van der Waals surface area contributed by atoms with Gasteiger partial charge in [0.1, 0.15) is 17.9 Å². The zero-order valence-corrected chi connectivity index (χ0v) is 15.9. The van der Waals surface area contributed by atoms with Crippen LogP contribution in [-0.4, -0.2) is 29.6 Å². The highest BCUT2D eigenvalue weighted by molar-refractivity contribution is 6.08. The predicted octanol–water partition coefficient (Wildman–Crippen LogP) is 3.08. The molecule has 0 bridgehead atoms. The SMILES string of the molecule is [B]Cc1ccccc1CC(=O)Nc1ccc(Oc2cc(NC(C)=O)ncn2)cc1. The number of hydrogen-bond donors (Lipinski definition) is 2. The van der Waals surface area contributed by atoms with Gasteiger partial charge in [0.15, 0.2) is 0 Å². The van der Waals surface area contributed by atoms with Crippen molar-refractivity contribution in [2.24, 2.45) is 0 Å². The third kappa shape index (κ3) is 5.90. The topological polar surface area (TPSA) is 93.2 Å². The summed E-state index contributed by atoms with van der Waals surface area (Å²) in [6, 6.07) is 16.0. The summed E-state index contributed by atoms with van der Waals surface area (Å²) in [7, 11) is 5.72. The van der Waals surface area contributed by atoms with Gasteiger partial charge in [-0.3, -0.25) is 9.59 Å². The van der Waals surface area contributed by atoms with Crippen LogP contribution in [0.5, 0.6) is 11.6 Å². The first kappa shape index (κ1) is 20.1. The molecule has 2 radical (unpaired) electrons. The third-order valence-corrected chi connectivity index (χ3v) is 4.00. The summed E-state index contributed by atoms with van der Waals surface area (Å²) >= 11 is 0. The summed E-state index contributed by atoms with van der Waals surface area (Å²) in [6.07, 6.45) is 1.94. The number of nitrogens with one attached hydrogen (secondary N) is 2. The van der Waals surface area contributed by atoms with E-state index in [-0.39, 0.29) is 18.2 Å². The lowest BCUT2D eigenvalue weighted by Crippen LogP contribution is -2.15. The van der Waals surface area contributed by atoms with E-state index in [1.807, 2.05) is 24.3 Å². The Hall–Kier alpha value is -3.68. The van der Waals surface area contributed by atoms with Crippen molar-refractivity contribution in [3.8, 4) is 11.6 Å². The highest BCUT2D eigenvalue weighted by Crippen LogP contribution is 2.23. The van der Waals surface area contributed by atoms with Gasteiger partial charge in [0, 0.05) is 18.7 Å². The van der Waals surface area contributed by atoms with Crippen molar-refractivity contribution in [2.75, 3.05) is 10.6 Å². The van der Waals surface area contributed by atoms with Crippen LogP contribution in [0.4, 0.5) is 11.5 Å². The van der Waals surface area contributed by atoms with Gasteiger partial charge in [0.05, 0.1) is 14.3 Å². The first-order chi connectivity index (χ1) is 14.0. The van der Waals surface area contributed by atoms with E-state index in [9.17, 15) is 9.59 Å². The van der Waals surface area contributed by atoms with E-state index < -0.39 is 0 Å². The van der Waals surface area contributed by atoms with Crippen molar-refractivity contribution >= 4 is 31.2 Å². The molecule has 0 aliphatic rings. The van der Waals surface area contributed by atoms with Crippen molar-refractivity contribution in [1.82, 2.24) is 9.97 Å². The molecule has 1 aromatic heterocycles. The normalized spacial score (nSPS) is 10.2. The van der Waals surface area contributed by atoms with Gasteiger partial charge in [-0.25, -0.2) is 9.97 Å². The highest BCUT2D eigenvalue weighted by Gasteiger charge is 2.08. The number of benzene rings is 2. The number of anilines is 2. The van der Waals surface area contributed by atoms with Gasteiger partial charge in [0.25, 0.3) is 0 Å². The molecule has 0 fully saturated rings. The van der Waals surface area contributed by atoms with Gasteiger partial charge in [-0.05, 0) is 29.8 Å². The van der Waals surface area contributed by atoms with Gasteiger partial charge in [0.2, 0.25) is 17.7 Å². The van der Waals surface area contributed by atoms with Crippen LogP contribution in [0.15, 0.2) is 60.9 Å². The molecule has 3 rings (SSSR count). The van der Waals surface area contributed by atoms with Crippen LogP contribution < -0.4 is 15.4 Å². The average molecular weight is 386 g/mol. The van der Waals surface area contributed by atoms with Gasteiger partial charge < -0.3 is 15.4 Å². The fraction of sp³-hybridized carbons (Fsp3) is 0.143. The second-order valence-electron chi connectivity index (χ2n) is 6.25. The smallest absolute Gasteiger partial charge is 0.228 e. The molecule has 0 aliphatic carbocycles. The Morgan fingerprint density at radius 1 is 1.00 bits per heavy atom. The molecular formula is C21H19BN4O3. The quantitative estimate of drug-likeness (QED) is 0.609. The molecule has 1 heterocycles. The van der Waals surface area contributed by atoms with Gasteiger partial charge in [-0.2, -0.15) is 0 Å². The molecule has 29 heavy (non-hydrogen) atoms. The summed E-state index contributed by atoms with van der Waals surface area (Å²) in [5, 5.41) is 5.42. The first-order valence-corrected chi connectivity index (χ1v) is 8.98. The molecule has 2 aromatic carbocycles. The molecule has 2 amide bonds. The van der Waals surface area contributed by atoms with E-state index in [1.165, 1.54) is 19.3 Å². The Labute approximate surface area is 169 Å². The standard InChI is InChI=1S/C21H19BN4O3/c1-14(27)25-19-11-21(24-13-23-19)29-18-8-6-17(7-9-18)26-20(28)10-15-4-2-3-5-16(15)12-22/h2-9,11,13H,10,12H2,1H3,(H,26,28)(H,23,24,25,27). The van der Waals surface area contributed by atoms with Crippen molar-refractivity contribution in [2.45, 2.75) is 19.7 Å². The molecule has 0 saturated carbocycles. The summed E-state index contributed by atoms with van der Waals surface area (Å²) in [6.45, 7) is 1.39. The molecule has 0 spiro atoms. The number of carbonyl (C=O) groups excluding carboxylic acids is 2. The summed E-state index contributed by atoms with van der Waals surface area (Å²) in [5.41, 5.74) is 2.51. The Morgan fingerprint density at radius 2 is 1.72 bits per heavy atom. The van der Waals surface area contributed by atoms with Crippen LogP contribution >= 0.6 is 0 Å². The highest BCUT2D eigenvalue weighted by atomic mass is 16.5. The number of ether oxygens (including phenoxy) is 1. The fourth-order valence-electron chi connectivity index (χ4n) is 2.68. The number of carbonyl (C=O) groups is 2.